The van der Waals surface area contributed by atoms with Crippen molar-refractivity contribution in [2.24, 2.45) is 0 Å². The molecule has 1 aromatic carbocycles. The first kappa shape index (κ1) is 18.1. The van der Waals surface area contributed by atoms with E-state index in [-0.39, 0.29) is 30.5 Å². The summed E-state index contributed by atoms with van der Waals surface area (Å²) in [4.78, 5) is 16.9. The molecule has 2 aliphatic heterocycles. The predicted molar refractivity (Wildman–Crippen MR) is 99.8 cm³/mol. The maximum atomic E-state index is 12.4. The average Bonchev–Trinajstić information content (AvgIpc) is 3.23. The highest BCUT2D eigenvalue weighted by Gasteiger charge is 2.28. The average molecular weight is 382 g/mol. The van der Waals surface area contributed by atoms with Gasteiger partial charge in [0.15, 0.2) is 5.13 Å². The van der Waals surface area contributed by atoms with Crippen molar-refractivity contribution < 1.29 is 14.3 Å². The van der Waals surface area contributed by atoms with Crippen LogP contribution in [0.25, 0.3) is 11.3 Å². The van der Waals surface area contributed by atoms with Crippen molar-refractivity contribution in [3.8, 4) is 17.0 Å². The SMILES string of the molecule is C[C@H]1OCCN[C@@H]1C(=O)Nc1nc(-c2ccc3c(c2)CCO3)cs1.Cl. The van der Waals surface area contributed by atoms with Crippen LogP contribution in [-0.2, 0) is 16.0 Å². The number of nitrogens with one attached hydrogen (secondary N) is 2. The summed E-state index contributed by atoms with van der Waals surface area (Å²) in [6.45, 7) is 3.96. The van der Waals surface area contributed by atoms with Crippen LogP contribution in [0.5, 0.6) is 5.75 Å². The summed E-state index contributed by atoms with van der Waals surface area (Å²) in [6.07, 6.45) is 0.789. The molecule has 1 saturated heterocycles. The highest BCUT2D eigenvalue weighted by molar-refractivity contribution is 7.14. The van der Waals surface area contributed by atoms with Gasteiger partial charge in [0.1, 0.15) is 11.8 Å². The molecule has 25 heavy (non-hydrogen) atoms. The van der Waals surface area contributed by atoms with Gasteiger partial charge < -0.3 is 20.1 Å². The lowest BCUT2D eigenvalue weighted by Crippen LogP contribution is -2.53. The van der Waals surface area contributed by atoms with E-state index >= 15 is 0 Å². The number of carbonyl (C=O) groups excluding carboxylic acids is 1. The normalized spacial score (nSPS) is 21.8. The number of aromatic nitrogens is 1. The van der Waals surface area contributed by atoms with Gasteiger partial charge >= 0.3 is 0 Å². The summed E-state index contributed by atoms with van der Waals surface area (Å²) >= 11 is 1.43. The zero-order valence-corrected chi connectivity index (χ0v) is 15.4. The second-order valence-corrected chi connectivity index (χ2v) is 6.81. The number of hydrogen-bond donors (Lipinski definition) is 2. The molecule has 0 bridgehead atoms. The van der Waals surface area contributed by atoms with Gasteiger partial charge in [0.05, 0.1) is 25.0 Å². The lowest BCUT2D eigenvalue weighted by Gasteiger charge is -2.28. The Kier molecular flexibility index (Phi) is 5.58. The van der Waals surface area contributed by atoms with E-state index in [1.807, 2.05) is 24.4 Å². The Labute approximate surface area is 156 Å². The van der Waals surface area contributed by atoms with Gasteiger partial charge in [-0.3, -0.25) is 4.79 Å². The molecule has 1 amide bonds. The number of amides is 1. The fourth-order valence-electron chi connectivity index (χ4n) is 3.02. The van der Waals surface area contributed by atoms with E-state index in [1.165, 1.54) is 16.9 Å². The van der Waals surface area contributed by atoms with Gasteiger partial charge in [-0.15, -0.1) is 23.7 Å². The number of morpholine rings is 1. The Balaban J connectivity index is 0.00000182. The first-order valence-electron chi connectivity index (χ1n) is 8.08. The van der Waals surface area contributed by atoms with E-state index in [1.54, 1.807) is 0 Å². The fourth-order valence-corrected chi connectivity index (χ4v) is 3.74. The number of carbonyl (C=O) groups is 1. The number of hydrogen-bond acceptors (Lipinski definition) is 6. The molecule has 134 valence electrons. The Hall–Kier alpha value is -1.67. The molecule has 0 saturated carbocycles. The van der Waals surface area contributed by atoms with Crippen molar-refractivity contribution in [3.05, 3.63) is 29.1 Å². The van der Waals surface area contributed by atoms with Crippen molar-refractivity contribution >= 4 is 34.8 Å². The van der Waals surface area contributed by atoms with Crippen LogP contribution in [0.4, 0.5) is 5.13 Å². The highest BCUT2D eigenvalue weighted by atomic mass is 35.5. The van der Waals surface area contributed by atoms with Crippen molar-refractivity contribution in [3.63, 3.8) is 0 Å². The summed E-state index contributed by atoms with van der Waals surface area (Å²) in [5, 5.41) is 8.63. The largest absolute Gasteiger partial charge is 0.493 e. The van der Waals surface area contributed by atoms with Gasteiger partial charge in [-0.2, -0.15) is 0 Å². The summed E-state index contributed by atoms with van der Waals surface area (Å²) in [5.74, 6) is 0.852. The van der Waals surface area contributed by atoms with E-state index in [2.05, 4.69) is 21.7 Å². The van der Waals surface area contributed by atoms with Gasteiger partial charge in [-0.05, 0) is 30.7 Å². The van der Waals surface area contributed by atoms with E-state index in [4.69, 9.17) is 9.47 Å². The second-order valence-electron chi connectivity index (χ2n) is 5.96. The summed E-state index contributed by atoms with van der Waals surface area (Å²) in [6, 6.07) is 5.76. The predicted octanol–water partition coefficient (Wildman–Crippen LogP) is 2.48. The van der Waals surface area contributed by atoms with Gasteiger partial charge in [-0.1, -0.05) is 0 Å². The summed E-state index contributed by atoms with van der Waals surface area (Å²) in [7, 11) is 0. The molecule has 0 spiro atoms. The van der Waals surface area contributed by atoms with Crippen LogP contribution in [-0.4, -0.2) is 42.8 Å². The third-order valence-corrected chi connectivity index (χ3v) is 5.08. The van der Waals surface area contributed by atoms with Crippen LogP contribution in [0, 0.1) is 0 Å². The molecule has 1 aromatic heterocycles. The van der Waals surface area contributed by atoms with Crippen molar-refractivity contribution in [1.29, 1.82) is 0 Å². The minimum atomic E-state index is -0.344. The molecule has 1 fully saturated rings. The zero-order chi connectivity index (χ0) is 16.5. The molecule has 3 heterocycles. The van der Waals surface area contributed by atoms with E-state index in [9.17, 15) is 4.79 Å². The maximum absolute atomic E-state index is 12.4. The topological polar surface area (TPSA) is 72.5 Å². The first-order chi connectivity index (χ1) is 11.7. The molecule has 0 aliphatic carbocycles. The number of fused-ring (bicyclic) bond motifs is 1. The Morgan fingerprint density at radius 3 is 3.12 bits per heavy atom. The second kappa shape index (κ2) is 7.70. The summed E-state index contributed by atoms with van der Waals surface area (Å²) in [5.41, 5.74) is 3.12. The van der Waals surface area contributed by atoms with Gasteiger partial charge in [0, 0.05) is 23.9 Å². The maximum Gasteiger partial charge on any atom is 0.245 e. The number of benzene rings is 1. The molecule has 0 radical (unpaired) electrons. The van der Waals surface area contributed by atoms with E-state index in [0.29, 0.717) is 18.3 Å². The number of ether oxygens (including phenoxy) is 2. The van der Waals surface area contributed by atoms with Crippen LogP contribution in [0.2, 0.25) is 0 Å². The van der Waals surface area contributed by atoms with Gasteiger partial charge in [0.2, 0.25) is 5.91 Å². The van der Waals surface area contributed by atoms with E-state index < -0.39 is 0 Å². The monoisotopic (exact) mass is 381 g/mol. The lowest BCUT2D eigenvalue weighted by molar-refractivity contribution is -0.123. The molecule has 2 atom stereocenters. The highest BCUT2D eigenvalue weighted by Crippen LogP contribution is 2.32. The molecular weight excluding hydrogens is 362 g/mol. The summed E-state index contributed by atoms with van der Waals surface area (Å²) < 4.78 is 11.0. The van der Waals surface area contributed by atoms with Crippen LogP contribution in [0.1, 0.15) is 12.5 Å². The Bertz CT molecular complexity index is 767. The Morgan fingerprint density at radius 1 is 1.40 bits per heavy atom. The molecule has 8 heteroatoms. The first-order valence-corrected chi connectivity index (χ1v) is 8.96. The van der Waals surface area contributed by atoms with Crippen molar-refractivity contribution in [1.82, 2.24) is 10.3 Å². The number of anilines is 1. The third kappa shape index (κ3) is 3.79. The molecule has 2 N–H and O–H groups in total. The molecule has 4 rings (SSSR count). The third-order valence-electron chi connectivity index (χ3n) is 4.32. The lowest BCUT2D eigenvalue weighted by atomic mass is 10.1. The Morgan fingerprint density at radius 2 is 2.28 bits per heavy atom. The van der Waals surface area contributed by atoms with Gasteiger partial charge in [-0.25, -0.2) is 4.98 Å². The number of halogens is 1. The quantitative estimate of drug-likeness (QED) is 0.854. The standard InChI is InChI=1S/C17H19N3O3S.ClH/c1-10-15(18-5-7-22-10)16(21)20-17-19-13(9-24-17)11-2-3-14-12(8-11)4-6-23-14;/h2-3,8-10,15,18H,4-7H2,1H3,(H,19,20,21);1H/t10-,15+;/m1./s1. The number of rotatable bonds is 3. The minimum absolute atomic E-state index is 0. The molecular formula is C17H20ClN3O3S. The van der Waals surface area contributed by atoms with Gasteiger partial charge in [0.25, 0.3) is 0 Å². The van der Waals surface area contributed by atoms with Crippen molar-refractivity contribution in [2.45, 2.75) is 25.5 Å². The zero-order valence-electron chi connectivity index (χ0n) is 13.8. The minimum Gasteiger partial charge on any atom is -0.493 e. The smallest absolute Gasteiger partial charge is 0.245 e. The van der Waals surface area contributed by atoms with E-state index in [0.717, 1.165) is 30.0 Å². The fraction of sp³-hybridized carbons (Fsp3) is 0.412. The number of thiazole rings is 1. The van der Waals surface area contributed by atoms with Crippen LogP contribution in [0.3, 0.4) is 0 Å². The van der Waals surface area contributed by atoms with Crippen LogP contribution < -0.4 is 15.4 Å². The van der Waals surface area contributed by atoms with Crippen molar-refractivity contribution in [2.75, 3.05) is 25.1 Å². The number of nitrogens with zero attached hydrogens (tertiary/aromatic N) is 1. The molecule has 0 unspecified atom stereocenters. The molecule has 6 nitrogen and oxygen atoms in total. The van der Waals surface area contributed by atoms with Crippen LogP contribution >= 0.6 is 23.7 Å². The van der Waals surface area contributed by atoms with Crippen LogP contribution in [0.15, 0.2) is 23.6 Å². The molecule has 2 aromatic rings. The molecule has 2 aliphatic rings.